The van der Waals surface area contributed by atoms with Gasteiger partial charge in [-0.05, 0) is 43.4 Å². The molecule has 1 atom stereocenters. The van der Waals surface area contributed by atoms with Crippen molar-refractivity contribution in [3.05, 3.63) is 55.7 Å². The molecule has 0 bridgehead atoms. The molecule has 0 radical (unpaired) electrons. The van der Waals surface area contributed by atoms with E-state index >= 15 is 0 Å². The summed E-state index contributed by atoms with van der Waals surface area (Å²) < 4.78 is 15.9. The number of fused-ring (bicyclic) bond motifs is 1. The van der Waals surface area contributed by atoms with Gasteiger partial charge in [-0.2, -0.15) is 0 Å². The van der Waals surface area contributed by atoms with Crippen LogP contribution in [0.15, 0.2) is 33.9 Å². The van der Waals surface area contributed by atoms with Crippen molar-refractivity contribution in [1.82, 2.24) is 18.7 Å². The van der Waals surface area contributed by atoms with Crippen LogP contribution in [0.1, 0.15) is 31.2 Å². The van der Waals surface area contributed by atoms with Crippen molar-refractivity contribution in [2.45, 2.75) is 45.1 Å². The number of rotatable bonds is 7. The Balaban J connectivity index is 1.59. The highest BCUT2D eigenvalue weighted by atomic mass is 35.5. The second-order valence-corrected chi connectivity index (χ2v) is 8.30. The Bertz CT molecular complexity index is 1180. The number of benzene rings is 1. The summed E-state index contributed by atoms with van der Waals surface area (Å²) in [6.07, 6.45) is 3.41. The summed E-state index contributed by atoms with van der Waals surface area (Å²) in [4.78, 5) is 30.6. The van der Waals surface area contributed by atoms with Crippen LogP contribution >= 0.6 is 11.6 Å². The highest BCUT2D eigenvalue weighted by molar-refractivity contribution is 6.30. The smallest absolute Gasteiger partial charge is 0.332 e. The number of aromatic nitrogens is 4. The third kappa shape index (κ3) is 4.63. The van der Waals surface area contributed by atoms with Gasteiger partial charge in [0.1, 0.15) is 0 Å². The van der Waals surface area contributed by atoms with E-state index in [1.165, 1.54) is 9.13 Å². The molecule has 1 aliphatic rings. The molecule has 10 heteroatoms. The lowest BCUT2D eigenvalue weighted by Gasteiger charge is -2.22. The van der Waals surface area contributed by atoms with Gasteiger partial charge in [-0.1, -0.05) is 23.7 Å². The van der Waals surface area contributed by atoms with E-state index in [4.69, 9.17) is 21.1 Å². The van der Waals surface area contributed by atoms with Gasteiger partial charge in [0, 0.05) is 31.8 Å². The lowest BCUT2D eigenvalue weighted by molar-refractivity contribution is -0.163. The highest BCUT2D eigenvalue weighted by Gasteiger charge is 2.19. The maximum absolute atomic E-state index is 13.3. The number of aryl methyl sites for hydroxylation is 1. The van der Waals surface area contributed by atoms with Crippen molar-refractivity contribution < 1.29 is 9.47 Å². The Morgan fingerprint density at radius 2 is 2.00 bits per heavy atom. The Morgan fingerprint density at radius 3 is 2.71 bits per heavy atom. The standard InChI is InChI=1S/C21H26BClN4O4/c1-25-18-17(27(20(22)24-18)13-14-6-8-15(23)9-7-14)19(28)26(21(25)29)10-4-12-31-16-5-2-3-11-30-16/h6-9,16H,2-5,10-13,22H2,1H3. The van der Waals surface area contributed by atoms with Crippen LogP contribution in [-0.4, -0.2) is 46.0 Å². The van der Waals surface area contributed by atoms with E-state index in [2.05, 4.69) is 4.98 Å². The molecule has 0 aliphatic carbocycles. The normalized spacial score (nSPS) is 16.8. The van der Waals surface area contributed by atoms with Gasteiger partial charge in [-0.15, -0.1) is 0 Å². The Morgan fingerprint density at radius 1 is 1.23 bits per heavy atom. The lowest BCUT2D eigenvalue weighted by Crippen LogP contribution is -2.40. The first kappa shape index (κ1) is 21.9. The van der Waals surface area contributed by atoms with E-state index in [9.17, 15) is 9.59 Å². The second kappa shape index (κ2) is 9.42. The van der Waals surface area contributed by atoms with Gasteiger partial charge in [0.15, 0.2) is 25.3 Å². The first-order valence-corrected chi connectivity index (χ1v) is 11.0. The van der Waals surface area contributed by atoms with Crippen LogP contribution in [0.2, 0.25) is 5.02 Å². The fourth-order valence-electron chi connectivity index (χ4n) is 3.92. The molecule has 1 aliphatic heterocycles. The number of halogens is 1. The van der Waals surface area contributed by atoms with Gasteiger partial charge >= 0.3 is 5.69 Å². The lowest BCUT2D eigenvalue weighted by atomic mass is 10.1. The summed E-state index contributed by atoms with van der Waals surface area (Å²) in [7, 11) is 3.48. The topological polar surface area (TPSA) is 80.3 Å². The van der Waals surface area contributed by atoms with Crippen molar-refractivity contribution in [3.8, 4) is 0 Å². The average molecular weight is 445 g/mol. The molecule has 31 heavy (non-hydrogen) atoms. The quantitative estimate of drug-likeness (QED) is 0.398. The first-order chi connectivity index (χ1) is 15.0. The molecule has 1 fully saturated rings. The highest BCUT2D eigenvalue weighted by Crippen LogP contribution is 2.14. The molecule has 0 amide bonds. The van der Waals surface area contributed by atoms with Gasteiger partial charge in [-0.25, -0.2) is 9.78 Å². The van der Waals surface area contributed by atoms with Gasteiger partial charge in [0.25, 0.3) is 5.56 Å². The summed E-state index contributed by atoms with van der Waals surface area (Å²) in [5, 5.41) is 0.654. The minimum absolute atomic E-state index is 0.181. The Hall–Kier alpha value is -2.36. The number of imidazole rings is 1. The molecule has 1 aromatic carbocycles. The minimum Gasteiger partial charge on any atom is -0.353 e. The molecule has 4 rings (SSSR count). The van der Waals surface area contributed by atoms with Crippen molar-refractivity contribution in [1.29, 1.82) is 0 Å². The monoisotopic (exact) mass is 444 g/mol. The zero-order chi connectivity index (χ0) is 22.0. The SMILES string of the molecule is Bc1nc2c(c(=O)n(CCCOC3CCCCO3)c(=O)n2C)n1Cc1ccc(Cl)cc1. The van der Waals surface area contributed by atoms with Crippen molar-refractivity contribution in [2.24, 2.45) is 7.05 Å². The third-order valence-corrected chi connectivity index (χ3v) is 5.90. The molecular formula is C21H26BClN4O4. The van der Waals surface area contributed by atoms with E-state index in [-0.39, 0.29) is 24.1 Å². The molecule has 1 unspecified atom stereocenters. The van der Waals surface area contributed by atoms with Gasteiger partial charge in [-0.3, -0.25) is 13.9 Å². The van der Waals surface area contributed by atoms with Gasteiger partial charge < -0.3 is 14.0 Å². The van der Waals surface area contributed by atoms with Crippen LogP contribution in [0.5, 0.6) is 0 Å². The van der Waals surface area contributed by atoms with Crippen LogP contribution < -0.4 is 17.0 Å². The average Bonchev–Trinajstić information content (AvgIpc) is 3.10. The third-order valence-electron chi connectivity index (χ3n) is 5.64. The predicted molar refractivity (Wildman–Crippen MR) is 122 cm³/mol. The number of nitrogens with zero attached hydrogens (tertiary/aromatic N) is 4. The summed E-state index contributed by atoms with van der Waals surface area (Å²) in [5.74, 6) is 0. The fraction of sp³-hybridized carbons (Fsp3) is 0.476. The first-order valence-electron chi connectivity index (χ1n) is 10.6. The molecule has 3 aromatic rings. The van der Waals surface area contributed by atoms with E-state index in [0.29, 0.717) is 41.5 Å². The zero-order valence-electron chi connectivity index (χ0n) is 17.8. The number of hydrogen-bond donors (Lipinski definition) is 0. The van der Waals surface area contributed by atoms with Crippen molar-refractivity contribution >= 4 is 36.3 Å². The molecular weight excluding hydrogens is 419 g/mol. The molecule has 8 nitrogen and oxygen atoms in total. The Kier molecular flexibility index (Phi) is 6.64. The summed E-state index contributed by atoms with van der Waals surface area (Å²) in [5.41, 5.74) is 1.78. The van der Waals surface area contributed by atoms with E-state index in [1.54, 1.807) is 7.05 Å². The van der Waals surface area contributed by atoms with Gasteiger partial charge in [0.05, 0.1) is 12.3 Å². The Labute approximate surface area is 185 Å². The molecule has 2 aromatic heterocycles. The van der Waals surface area contributed by atoms with Crippen LogP contribution in [0.4, 0.5) is 0 Å². The number of ether oxygens (including phenoxy) is 2. The summed E-state index contributed by atoms with van der Waals surface area (Å²) in [6, 6.07) is 7.46. The maximum Gasteiger partial charge on any atom is 0.332 e. The largest absolute Gasteiger partial charge is 0.353 e. The fourth-order valence-corrected chi connectivity index (χ4v) is 4.05. The zero-order valence-corrected chi connectivity index (χ0v) is 18.6. The summed E-state index contributed by atoms with van der Waals surface area (Å²) in [6.45, 7) is 1.90. The molecule has 3 heterocycles. The van der Waals surface area contributed by atoms with Crippen LogP contribution in [0.25, 0.3) is 11.2 Å². The van der Waals surface area contributed by atoms with E-state index in [0.717, 1.165) is 31.4 Å². The molecule has 0 N–H and O–H groups in total. The van der Waals surface area contributed by atoms with Crippen molar-refractivity contribution in [3.63, 3.8) is 0 Å². The molecule has 164 valence electrons. The van der Waals surface area contributed by atoms with E-state index in [1.807, 2.05) is 36.7 Å². The van der Waals surface area contributed by atoms with Crippen LogP contribution in [-0.2, 0) is 29.6 Å². The predicted octanol–water partition coefficient (Wildman–Crippen LogP) is 0.790. The van der Waals surface area contributed by atoms with E-state index < -0.39 is 0 Å². The minimum atomic E-state index is -0.373. The molecule has 0 spiro atoms. The molecule has 1 saturated heterocycles. The van der Waals surface area contributed by atoms with Crippen LogP contribution in [0, 0.1) is 0 Å². The van der Waals surface area contributed by atoms with Crippen LogP contribution in [0.3, 0.4) is 0 Å². The maximum atomic E-state index is 13.3. The second-order valence-electron chi connectivity index (χ2n) is 7.86. The number of hydrogen-bond acceptors (Lipinski definition) is 5. The molecule has 0 saturated carbocycles. The van der Waals surface area contributed by atoms with Gasteiger partial charge in [0.2, 0.25) is 0 Å². The van der Waals surface area contributed by atoms with Crippen molar-refractivity contribution in [2.75, 3.05) is 13.2 Å². The summed E-state index contributed by atoms with van der Waals surface area (Å²) >= 11 is 5.99.